The molecule has 5 fully saturated rings. The Hall–Kier alpha value is -3.49. The SMILES string of the molecule is CC(=O)N[C@@H]1[C@@H](O[C@@H]2O[C@H](C(=O)O)[C@@H](O[C@@H]3O[C@H](CO)[C@@H](O)[C@H](O[C@@H]4O[C@H](C(=O)O)[C@@H](O[C@@H]5O[C@H](CO)[C@@H](O)[C@H](O)[C@H]5NC(C)=O)[C@@H](O)[C@H]4O)[C@H]3NC(C)=O)[C@H](O)[C@H]2O)[C@H](O)[C@@H](CO)O[C@H]1O. The Morgan fingerprint density at radius 2 is 0.746 bits per heavy atom. The number of hydrogen-bond acceptors (Lipinski definition) is 26. The van der Waals surface area contributed by atoms with E-state index in [1.54, 1.807) is 0 Å². The topological polar surface area (TPSA) is 488 Å². The van der Waals surface area contributed by atoms with Crippen molar-refractivity contribution in [2.45, 2.75) is 174 Å². The van der Waals surface area contributed by atoms with Gasteiger partial charge in [-0.25, -0.2) is 9.59 Å². The van der Waals surface area contributed by atoms with Crippen LogP contribution >= 0.6 is 0 Å². The van der Waals surface area contributed by atoms with Gasteiger partial charge in [-0.15, -0.1) is 0 Å². The van der Waals surface area contributed by atoms with Gasteiger partial charge in [-0.1, -0.05) is 0 Å². The van der Waals surface area contributed by atoms with Gasteiger partial charge in [0.2, 0.25) is 17.7 Å². The zero-order chi connectivity index (χ0) is 49.9. The van der Waals surface area contributed by atoms with Gasteiger partial charge in [0.15, 0.2) is 43.7 Å². The van der Waals surface area contributed by atoms with E-state index in [-0.39, 0.29) is 0 Å². The molecule has 0 saturated carbocycles. The minimum absolute atomic E-state index is 0.780. The van der Waals surface area contributed by atoms with Crippen molar-refractivity contribution in [3.8, 4) is 0 Å². The molecular weight excluding hydrogens is 922 g/mol. The van der Waals surface area contributed by atoms with Gasteiger partial charge in [0.05, 0.1) is 19.8 Å². The zero-order valence-corrected chi connectivity index (χ0v) is 35.5. The molecule has 384 valence electrons. The van der Waals surface area contributed by atoms with E-state index in [0.29, 0.717) is 0 Å². The highest BCUT2D eigenvalue weighted by molar-refractivity contribution is 5.75. The summed E-state index contributed by atoms with van der Waals surface area (Å²) in [5, 5.41) is 156. The Balaban J connectivity index is 1.40. The molecule has 25 atom stereocenters. The minimum Gasteiger partial charge on any atom is -0.479 e. The first-order valence-corrected chi connectivity index (χ1v) is 20.6. The first-order chi connectivity index (χ1) is 31.4. The maximum Gasteiger partial charge on any atom is 0.335 e. The second kappa shape index (κ2) is 23.0. The summed E-state index contributed by atoms with van der Waals surface area (Å²) in [6.45, 7) is 0.0384. The quantitative estimate of drug-likeness (QED) is 0.0683. The molecule has 0 aromatic carbocycles. The number of amides is 3. The van der Waals surface area contributed by atoms with E-state index in [2.05, 4.69) is 16.0 Å². The first-order valence-electron chi connectivity index (χ1n) is 20.6. The fourth-order valence-electron chi connectivity index (χ4n) is 8.17. The molecule has 0 aromatic heterocycles. The standard InChI is InChI=1S/C36H57N3O28/c1-7(43)37-13-19(49)16(46)10(4-40)60-33(13)64-26-20(50)23(53)36(67-28(26)30(54)55)63-25-15(39-9(3)45)34(61-12(6-42)18(25)48)65-27-21(51)22(52)35(66-29(27)31(56)57)62-24-14(38-8(2)44)32(58)59-11(5-41)17(24)47/h10-29,32-36,40-42,46-53,58H,4-6H2,1-3H3,(H,37,43)(H,38,44)(H,39,45)(H,54,55)(H,56,57)/t10-,11-,12-,13-,14-,15-,16-,17-,18-,19-,20+,21-,22-,23-,24-,25-,26+,27+,28+,29+,32-,33+,34+,35-,36-/m1/s1. The molecule has 5 saturated heterocycles. The summed E-state index contributed by atoms with van der Waals surface area (Å²) in [5.41, 5.74) is 0. The number of carboxylic acid groups (broad SMARTS) is 2. The number of aliphatic hydroxyl groups excluding tert-OH is 12. The molecule has 0 aliphatic carbocycles. The van der Waals surface area contributed by atoms with Crippen molar-refractivity contribution in [3.05, 3.63) is 0 Å². The third-order valence-corrected chi connectivity index (χ3v) is 11.5. The lowest BCUT2D eigenvalue weighted by atomic mass is 9.93. The van der Waals surface area contributed by atoms with Crippen LogP contribution in [0.4, 0.5) is 0 Å². The Kier molecular flexibility index (Phi) is 18.7. The molecular formula is C36H57N3O28. The van der Waals surface area contributed by atoms with Crippen LogP contribution in [0.5, 0.6) is 0 Å². The molecule has 17 N–H and O–H groups in total. The van der Waals surface area contributed by atoms with Gasteiger partial charge in [-0.3, -0.25) is 14.4 Å². The van der Waals surface area contributed by atoms with Crippen LogP contribution in [0.15, 0.2) is 0 Å². The van der Waals surface area contributed by atoms with Crippen molar-refractivity contribution in [2.75, 3.05) is 19.8 Å². The molecule has 3 amide bonds. The van der Waals surface area contributed by atoms with Gasteiger partial charge in [0.25, 0.3) is 0 Å². The molecule has 5 aliphatic rings. The highest BCUT2D eigenvalue weighted by Crippen LogP contribution is 2.36. The number of carbonyl (C=O) groups excluding carboxylic acids is 3. The number of rotatable bonds is 16. The van der Waals surface area contributed by atoms with Crippen LogP contribution in [0.3, 0.4) is 0 Å². The Labute approximate surface area is 377 Å². The number of ether oxygens (including phenoxy) is 9. The summed E-state index contributed by atoms with van der Waals surface area (Å²) in [6.07, 6.45) is -45.5. The molecule has 0 unspecified atom stereocenters. The summed E-state index contributed by atoms with van der Waals surface area (Å²) in [6, 6.07) is -5.20. The lowest BCUT2D eigenvalue weighted by molar-refractivity contribution is -0.374. The second-order valence-corrected chi connectivity index (χ2v) is 16.2. The van der Waals surface area contributed by atoms with Crippen LogP contribution in [0.25, 0.3) is 0 Å². The summed E-state index contributed by atoms with van der Waals surface area (Å²) < 4.78 is 49.9. The summed E-state index contributed by atoms with van der Waals surface area (Å²) in [4.78, 5) is 61.7. The van der Waals surface area contributed by atoms with Crippen molar-refractivity contribution in [1.82, 2.24) is 16.0 Å². The maximum atomic E-state index is 12.7. The number of nitrogens with one attached hydrogen (secondary N) is 3. The van der Waals surface area contributed by atoms with E-state index >= 15 is 0 Å². The predicted octanol–water partition coefficient (Wildman–Crippen LogP) is -11.3. The summed E-state index contributed by atoms with van der Waals surface area (Å²) >= 11 is 0. The van der Waals surface area contributed by atoms with E-state index in [4.69, 9.17) is 42.6 Å². The molecule has 5 heterocycles. The average Bonchev–Trinajstić information content (AvgIpc) is 3.25. The number of aliphatic hydroxyl groups is 12. The second-order valence-electron chi connectivity index (χ2n) is 16.2. The predicted molar refractivity (Wildman–Crippen MR) is 202 cm³/mol. The number of carboxylic acids is 2. The van der Waals surface area contributed by atoms with Crippen molar-refractivity contribution in [3.63, 3.8) is 0 Å². The lowest BCUT2D eigenvalue weighted by Gasteiger charge is -2.50. The normalized spacial score (nSPS) is 45.9. The Morgan fingerprint density at radius 3 is 1.15 bits per heavy atom. The lowest BCUT2D eigenvalue weighted by Crippen LogP contribution is -2.71. The largest absolute Gasteiger partial charge is 0.479 e. The van der Waals surface area contributed by atoms with Crippen LogP contribution in [0.2, 0.25) is 0 Å². The highest BCUT2D eigenvalue weighted by atomic mass is 16.8. The maximum absolute atomic E-state index is 12.7. The van der Waals surface area contributed by atoms with Gasteiger partial charge >= 0.3 is 11.9 Å². The van der Waals surface area contributed by atoms with E-state index in [1.807, 2.05) is 0 Å². The van der Waals surface area contributed by atoms with Gasteiger partial charge in [0.1, 0.15) is 110 Å². The van der Waals surface area contributed by atoms with Gasteiger partial charge in [-0.05, 0) is 0 Å². The Morgan fingerprint density at radius 1 is 0.403 bits per heavy atom. The van der Waals surface area contributed by atoms with Crippen LogP contribution in [0, 0.1) is 0 Å². The molecule has 31 heteroatoms. The summed E-state index contributed by atoms with van der Waals surface area (Å²) in [7, 11) is 0. The van der Waals surface area contributed by atoms with Crippen LogP contribution in [0.1, 0.15) is 20.8 Å². The van der Waals surface area contributed by atoms with Crippen molar-refractivity contribution < 1.29 is 138 Å². The van der Waals surface area contributed by atoms with Gasteiger partial charge in [0, 0.05) is 20.8 Å². The smallest absolute Gasteiger partial charge is 0.335 e. The van der Waals surface area contributed by atoms with Gasteiger partial charge < -0.3 is 130 Å². The van der Waals surface area contributed by atoms with Crippen molar-refractivity contribution >= 4 is 29.7 Å². The number of aliphatic carboxylic acids is 2. The number of carbonyl (C=O) groups is 5. The molecule has 0 bridgehead atoms. The van der Waals surface area contributed by atoms with Crippen LogP contribution in [-0.4, -0.2) is 274 Å². The fraction of sp³-hybridized carbons (Fsp3) is 0.861. The van der Waals surface area contributed by atoms with E-state index in [1.165, 1.54) is 0 Å². The molecule has 0 spiro atoms. The highest BCUT2D eigenvalue weighted by Gasteiger charge is 2.59. The summed E-state index contributed by atoms with van der Waals surface area (Å²) in [5.74, 6) is -6.33. The Bertz CT molecular complexity index is 1720. The van der Waals surface area contributed by atoms with Crippen LogP contribution < -0.4 is 16.0 Å². The number of hydrogen-bond donors (Lipinski definition) is 17. The third kappa shape index (κ3) is 11.9. The van der Waals surface area contributed by atoms with E-state index in [9.17, 15) is 95.5 Å². The molecule has 5 aliphatic heterocycles. The van der Waals surface area contributed by atoms with Crippen LogP contribution in [-0.2, 0) is 66.6 Å². The van der Waals surface area contributed by atoms with Crippen molar-refractivity contribution in [2.24, 2.45) is 0 Å². The third-order valence-electron chi connectivity index (χ3n) is 11.5. The minimum atomic E-state index is -2.38. The van der Waals surface area contributed by atoms with Gasteiger partial charge in [-0.2, -0.15) is 0 Å². The molecule has 0 aromatic rings. The monoisotopic (exact) mass is 979 g/mol. The fourth-order valence-corrected chi connectivity index (χ4v) is 8.17. The molecule has 5 rings (SSSR count). The first kappa shape index (κ1) is 54.5. The molecule has 67 heavy (non-hydrogen) atoms. The molecule has 31 nitrogen and oxygen atoms in total. The van der Waals surface area contributed by atoms with Crippen molar-refractivity contribution in [1.29, 1.82) is 0 Å². The van der Waals surface area contributed by atoms with E-state index in [0.717, 1.165) is 20.8 Å². The van der Waals surface area contributed by atoms with E-state index < -0.39 is 203 Å². The zero-order valence-electron chi connectivity index (χ0n) is 35.5. The average molecular weight is 980 g/mol. The molecule has 0 radical (unpaired) electrons.